The molecule has 0 spiro atoms. The van der Waals surface area contributed by atoms with Gasteiger partial charge >= 0.3 is 196 Å². The van der Waals surface area contributed by atoms with Crippen LogP contribution in [-0.2, 0) is 11.3 Å². The summed E-state index contributed by atoms with van der Waals surface area (Å²) >= 11 is -1.87. The van der Waals surface area contributed by atoms with E-state index in [9.17, 15) is 0 Å². The summed E-state index contributed by atoms with van der Waals surface area (Å²) < 4.78 is 26.8. The van der Waals surface area contributed by atoms with Crippen LogP contribution in [0.5, 0.6) is 11.5 Å². The third-order valence-electron chi connectivity index (χ3n) is 5.40. The average Bonchev–Trinajstić information content (AvgIpc) is 2.88. The van der Waals surface area contributed by atoms with Crippen molar-refractivity contribution in [2.75, 3.05) is 28.7 Å². The molecule has 0 bridgehead atoms. The van der Waals surface area contributed by atoms with Crippen molar-refractivity contribution in [2.45, 2.75) is 19.6 Å². The zero-order chi connectivity index (χ0) is 22.7. The van der Waals surface area contributed by atoms with E-state index in [-0.39, 0.29) is 6.10 Å². The van der Waals surface area contributed by atoms with E-state index in [1.165, 1.54) is 27.7 Å². The number of halogens is 2. The average molecular weight is 671 g/mol. The normalized spacial score (nSPS) is 16.8. The van der Waals surface area contributed by atoms with Crippen LogP contribution >= 0.6 is 39.6 Å². The first-order chi connectivity index (χ1) is 16.3. The summed E-state index contributed by atoms with van der Waals surface area (Å²) in [5.41, 5.74) is 1.17. The molecule has 33 heavy (non-hydrogen) atoms. The van der Waals surface area contributed by atoms with Gasteiger partial charge in [-0.3, -0.25) is 0 Å². The Balaban J connectivity index is 1.21. The number of rotatable bonds is 11. The van der Waals surface area contributed by atoms with E-state index < -0.39 is 39.6 Å². The molecule has 4 rings (SSSR count). The van der Waals surface area contributed by atoms with E-state index in [4.69, 9.17) is 14.2 Å². The van der Waals surface area contributed by atoms with Gasteiger partial charge in [0.1, 0.15) is 0 Å². The maximum atomic E-state index is 6.10. The zero-order valence-corrected chi connectivity index (χ0v) is 23.5. The second-order valence-corrected chi connectivity index (χ2v) is 20.1. The molecule has 3 nitrogen and oxygen atoms in total. The molecule has 0 aromatic heterocycles. The molecule has 1 saturated heterocycles. The first-order valence-electron chi connectivity index (χ1n) is 11.4. The summed E-state index contributed by atoms with van der Waals surface area (Å²) in [7, 11) is 0. The Kier molecular flexibility index (Phi) is 10.0. The zero-order valence-electron chi connectivity index (χ0n) is 19.2. The summed E-state index contributed by atoms with van der Waals surface area (Å²) in [5, 5.41) is 0. The molecule has 176 valence electrons. The van der Waals surface area contributed by atoms with Crippen LogP contribution in [0.2, 0.25) is 0 Å². The molecule has 3 aromatic carbocycles. The summed E-state index contributed by atoms with van der Waals surface area (Å²) in [5.74, 6) is 1.73. The van der Waals surface area contributed by atoms with Crippen LogP contribution in [0.1, 0.15) is 12.5 Å². The van der Waals surface area contributed by atoms with E-state index in [2.05, 4.69) is 42.5 Å². The van der Waals surface area contributed by atoms with E-state index >= 15 is 0 Å². The number of hydrogen-bond donors (Lipinski definition) is 0. The van der Waals surface area contributed by atoms with Gasteiger partial charge in [0.05, 0.1) is 0 Å². The number of ether oxygens (including phenoxy) is 3. The Bertz CT molecular complexity index is 926. The molecule has 3 aromatic rings. The number of alkyl halides is 5. The van der Waals surface area contributed by atoms with Crippen molar-refractivity contribution >= 4 is 39.6 Å². The predicted molar refractivity (Wildman–Crippen MR) is 155 cm³/mol. The van der Waals surface area contributed by atoms with Gasteiger partial charge in [0, 0.05) is 0 Å². The number of hydrogen-bond acceptors (Lipinski definition) is 3. The maximum absolute atomic E-state index is 6.10. The number of benzene rings is 3. The van der Waals surface area contributed by atoms with E-state index in [0.717, 1.165) is 11.5 Å². The van der Waals surface area contributed by atoms with Gasteiger partial charge in [-0.1, -0.05) is 18.2 Å². The molecule has 1 fully saturated rings. The van der Waals surface area contributed by atoms with Gasteiger partial charge in [0.2, 0.25) is 0 Å². The molecule has 0 N–H and O–H groups in total. The van der Waals surface area contributed by atoms with Crippen LogP contribution in [0.25, 0.3) is 0 Å². The molecule has 5 heteroatoms. The van der Waals surface area contributed by atoms with Gasteiger partial charge in [-0.15, -0.1) is 0 Å². The van der Waals surface area contributed by atoms with Gasteiger partial charge in [-0.2, -0.15) is 0 Å². The molecule has 1 aliphatic heterocycles. The van der Waals surface area contributed by atoms with Gasteiger partial charge < -0.3 is 0 Å². The summed E-state index contributed by atoms with van der Waals surface area (Å²) in [6.45, 7) is 4.99. The van der Waals surface area contributed by atoms with Crippen molar-refractivity contribution in [3.8, 4) is 11.5 Å². The monoisotopic (exact) mass is 671 g/mol. The third kappa shape index (κ3) is 8.07. The fourth-order valence-electron chi connectivity index (χ4n) is 3.65. The van der Waals surface area contributed by atoms with Crippen molar-refractivity contribution < 1.29 is 14.2 Å². The Morgan fingerprint density at radius 1 is 0.758 bits per heavy atom. The van der Waals surface area contributed by atoms with Crippen LogP contribution in [0.3, 0.4) is 0 Å². The van der Waals surface area contributed by atoms with Crippen LogP contribution in [0, 0.1) is 10.2 Å². The Morgan fingerprint density at radius 3 is 2.00 bits per heavy atom. The van der Waals surface area contributed by atoms with Crippen LogP contribution < -0.4 is 9.47 Å². The van der Waals surface area contributed by atoms with E-state index in [0.29, 0.717) is 13.2 Å². The second-order valence-electron chi connectivity index (χ2n) is 7.78. The fourth-order valence-corrected chi connectivity index (χ4v) is 26.6. The van der Waals surface area contributed by atoms with Crippen molar-refractivity contribution in [1.29, 1.82) is 0 Å². The first kappa shape index (κ1) is 24.7. The summed E-state index contributed by atoms with van der Waals surface area (Å²) in [6.07, 6.45) is 0.172. The van der Waals surface area contributed by atoms with Crippen molar-refractivity contribution in [3.05, 3.63) is 101 Å². The molecular formula is C28H33I2O3+. The van der Waals surface area contributed by atoms with Gasteiger partial charge in [0.25, 0.3) is 0 Å². The fraction of sp³-hybridized carbons (Fsp3) is 0.321. The summed E-state index contributed by atoms with van der Waals surface area (Å²) in [4.78, 5) is 0. The molecule has 1 aliphatic rings. The Labute approximate surface area is 213 Å². The quantitative estimate of drug-likeness (QED) is 0.124. The standard InChI is InChI=1S/C28H33I2O3/c1-2-31-28(21-29-17-19-30(20-18-29)25-11-7-4-8-12-25)23-33-27-15-13-26(14-16-27)32-22-24-9-5-3-6-10-24/h2-16,28H,17-23H2,1H3/q+1. The molecule has 0 saturated carbocycles. The molecule has 1 unspecified atom stereocenters. The molecule has 0 amide bonds. The SMILES string of the molecule is C[CH+]OC(COc1ccc(OCc2ccccc2)cc1)CI1CCI(c2ccccc2)CC1. The first-order valence-corrected chi connectivity index (χ1v) is 20.1. The molecule has 0 radical (unpaired) electrons. The molecule has 1 heterocycles. The topological polar surface area (TPSA) is 27.7 Å². The van der Waals surface area contributed by atoms with Crippen molar-refractivity contribution in [2.24, 2.45) is 0 Å². The van der Waals surface area contributed by atoms with Crippen molar-refractivity contribution in [3.63, 3.8) is 0 Å². The van der Waals surface area contributed by atoms with E-state index in [1.807, 2.05) is 56.0 Å². The summed E-state index contributed by atoms with van der Waals surface area (Å²) in [6, 6.07) is 29.4. The van der Waals surface area contributed by atoms with Crippen LogP contribution in [0.15, 0.2) is 84.9 Å². The van der Waals surface area contributed by atoms with Gasteiger partial charge in [0.15, 0.2) is 0 Å². The van der Waals surface area contributed by atoms with Crippen LogP contribution in [0.4, 0.5) is 0 Å². The van der Waals surface area contributed by atoms with Crippen molar-refractivity contribution in [1.82, 2.24) is 0 Å². The Morgan fingerprint density at radius 2 is 1.36 bits per heavy atom. The van der Waals surface area contributed by atoms with Gasteiger partial charge in [-0.05, 0) is 0 Å². The molecule has 1 atom stereocenters. The predicted octanol–water partition coefficient (Wildman–Crippen LogP) is 7.11. The molecular weight excluding hydrogens is 638 g/mol. The minimum absolute atomic E-state index is 0.172. The van der Waals surface area contributed by atoms with Crippen LogP contribution in [-0.4, -0.2) is 34.8 Å². The van der Waals surface area contributed by atoms with E-state index in [1.54, 1.807) is 3.57 Å². The molecule has 0 aliphatic carbocycles. The second kappa shape index (κ2) is 13.4. The van der Waals surface area contributed by atoms with Gasteiger partial charge in [-0.25, -0.2) is 0 Å². The Hall–Kier alpha value is -1.45. The minimum atomic E-state index is -0.948. The third-order valence-corrected chi connectivity index (χ3v) is 22.1.